The molecule has 2 heterocycles. The molecule has 0 bridgehead atoms. The molecule has 2 fully saturated rings. The quantitative estimate of drug-likeness (QED) is 0.872. The molecular formula is C13H16FN3O2. The molecule has 1 aromatic heterocycles. The van der Waals surface area contributed by atoms with E-state index in [-0.39, 0.29) is 17.4 Å². The lowest BCUT2D eigenvalue weighted by molar-refractivity contribution is 0.0697. The minimum atomic E-state index is -1.15. The minimum Gasteiger partial charge on any atom is -0.478 e. The molecule has 1 aliphatic carbocycles. The molecule has 19 heavy (non-hydrogen) atoms. The van der Waals surface area contributed by atoms with Crippen molar-refractivity contribution >= 4 is 17.6 Å². The summed E-state index contributed by atoms with van der Waals surface area (Å²) in [6, 6.07) is 1.36. The number of rotatable bonds is 4. The van der Waals surface area contributed by atoms with E-state index < -0.39 is 11.8 Å². The minimum absolute atomic E-state index is 0.0904. The van der Waals surface area contributed by atoms with Gasteiger partial charge in [-0.2, -0.15) is 0 Å². The Bertz CT molecular complexity index is 511. The zero-order valence-electron chi connectivity index (χ0n) is 10.5. The summed E-state index contributed by atoms with van der Waals surface area (Å²) in [5, 5.41) is 12.2. The second-order valence-electron chi connectivity index (χ2n) is 5.11. The Morgan fingerprint density at radius 1 is 1.42 bits per heavy atom. The van der Waals surface area contributed by atoms with Crippen LogP contribution in [0.1, 0.15) is 36.0 Å². The van der Waals surface area contributed by atoms with Gasteiger partial charge in [0.05, 0.1) is 0 Å². The monoisotopic (exact) mass is 265 g/mol. The number of halogens is 1. The maximum atomic E-state index is 14.0. The molecule has 0 unspecified atom stereocenters. The molecule has 0 spiro atoms. The lowest BCUT2D eigenvalue weighted by Gasteiger charge is -2.19. The van der Waals surface area contributed by atoms with Gasteiger partial charge in [0.2, 0.25) is 0 Å². The van der Waals surface area contributed by atoms with Crippen LogP contribution in [0.15, 0.2) is 6.07 Å². The van der Waals surface area contributed by atoms with Crippen molar-refractivity contribution in [2.45, 2.75) is 31.7 Å². The summed E-state index contributed by atoms with van der Waals surface area (Å²) in [6.07, 6.45) is 4.06. The number of aromatic carboxylic acids is 1. The molecule has 0 atom stereocenters. The normalized spacial score (nSPS) is 18.7. The number of hydrogen-bond donors (Lipinski definition) is 2. The van der Waals surface area contributed by atoms with Crippen molar-refractivity contribution in [3.05, 3.63) is 17.4 Å². The summed E-state index contributed by atoms with van der Waals surface area (Å²) >= 11 is 0. The van der Waals surface area contributed by atoms with Gasteiger partial charge in [-0.1, -0.05) is 0 Å². The van der Waals surface area contributed by atoms with Gasteiger partial charge < -0.3 is 15.3 Å². The Kier molecular flexibility index (Phi) is 3.00. The number of pyridine rings is 1. The Balaban J connectivity index is 1.97. The van der Waals surface area contributed by atoms with Gasteiger partial charge in [-0.3, -0.25) is 0 Å². The number of nitrogens with one attached hydrogen (secondary N) is 1. The summed E-state index contributed by atoms with van der Waals surface area (Å²) in [4.78, 5) is 17.2. The molecule has 2 aliphatic rings. The average molecular weight is 265 g/mol. The first kappa shape index (κ1) is 12.2. The fourth-order valence-electron chi connectivity index (χ4n) is 2.32. The van der Waals surface area contributed by atoms with Crippen LogP contribution in [0.4, 0.5) is 16.0 Å². The molecule has 0 radical (unpaired) electrons. The zero-order chi connectivity index (χ0) is 13.4. The highest BCUT2D eigenvalue weighted by Crippen LogP contribution is 2.30. The Hall–Kier alpha value is -1.85. The van der Waals surface area contributed by atoms with E-state index in [1.165, 1.54) is 0 Å². The number of anilines is 2. The maximum Gasteiger partial charge on any atom is 0.339 e. The highest BCUT2D eigenvalue weighted by Gasteiger charge is 2.27. The van der Waals surface area contributed by atoms with Gasteiger partial charge in [-0.25, -0.2) is 14.2 Å². The largest absolute Gasteiger partial charge is 0.478 e. The molecule has 1 saturated carbocycles. The second-order valence-corrected chi connectivity index (χ2v) is 5.11. The molecule has 1 aromatic rings. The molecule has 3 rings (SSSR count). The van der Waals surface area contributed by atoms with E-state index in [2.05, 4.69) is 10.3 Å². The smallest absolute Gasteiger partial charge is 0.339 e. The van der Waals surface area contributed by atoms with Crippen LogP contribution in [-0.2, 0) is 0 Å². The van der Waals surface area contributed by atoms with Gasteiger partial charge in [-0.05, 0) is 31.7 Å². The van der Waals surface area contributed by atoms with Crippen LogP contribution in [-0.4, -0.2) is 35.2 Å². The Labute approximate surface area is 110 Å². The number of nitrogens with zero attached hydrogens (tertiary/aromatic N) is 2. The van der Waals surface area contributed by atoms with E-state index in [1.54, 1.807) is 0 Å². The van der Waals surface area contributed by atoms with E-state index in [1.807, 2.05) is 4.90 Å². The summed E-state index contributed by atoms with van der Waals surface area (Å²) in [5.41, 5.74) is -0.0904. The van der Waals surface area contributed by atoms with Crippen LogP contribution in [0.25, 0.3) is 0 Å². The highest BCUT2D eigenvalue weighted by atomic mass is 19.1. The van der Waals surface area contributed by atoms with Gasteiger partial charge in [0, 0.05) is 19.1 Å². The van der Waals surface area contributed by atoms with E-state index >= 15 is 0 Å². The predicted molar refractivity (Wildman–Crippen MR) is 69.2 cm³/mol. The summed E-state index contributed by atoms with van der Waals surface area (Å²) in [7, 11) is 0. The van der Waals surface area contributed by atoms with Crippen LogP contribution in [0.5, 0.6) is 0 Å². The predicted octanol–water partition coefficient (Wildman–Crippen LogP) is 2.09. The molecule has 102 valence electrons. The van der Waals surface area contributed by atoms with E-state index in [0.717, 1.165) is 44.8 Å². The van der Waals surface area contributed by atoms with Crippen molar-refractivity contribution in [1.82, 2.24) is 4.98 Å². The maximum absolute atomic E-state index is 14.0. The van der Waals surface area contributed by atoms with Crippen molar-refractivity contribution in [3.8, 4) is 0 Å². The summed E-state index contributed by atoms with van der Waals surface area (Å²) in [5.74, 6) is -1.15. The van der Waals surface area contributed by atoms with Gasteiger partial charge >= 0.3 is 5.97 Å². The van der Waals surface area contributed by atoms with Crippen LogP contribution >= 0.6 is 0 Å². The van der Waals surface area contributed by atoms with Gasteiger partial charge in [0.1, 0.15) is 11.4 Å². The van der Waals surface area contributed by atoms with Crippen molar-refractivity contribution in [1.29, 1.82) is 0 Å². The van der Waals surface area contributed by atoms with Crippen molar-refractivity contribution in [2.24, 2.45) is 0 Å². The SMILES string of the molecule is O=C(O)c1cc(F)c(N2CCCC2)nc1NC1CC1. The number of carbonyl (C=O) groups is 1. The fourth-order valence-corrected chi connectivity index (χ4v) is 2.32. The third-order valence-electron chi connectivity index (χ3n) is 3.51. The number of carboxylic acid groups (broad SMARTS) is 1. The van der Waals surface area contributed by atoms with Crippen LogP contribution < -0.4 is 10.2 Å². The first-order valence-corrected chi connectivity index (χ1v) is 6.60. The van der Waals surface area contributed by atoms with Gasteiger partial charge in [0.25, 0.3) is 0 Å². The van der Waals surface area contributed by atoms with E-state index in [4.69, 9.17) is 5.11 Å². The molecular weight excluding hydrogens is 249 g/mol. The third kappa shape index (κ3) is 2.47. The van der Waals surface area contributed by atoms with Crippen molar-refractivity contribution < 1.29 is 14.3 Å². The van der Waals surface area contributed by atoms with Crippen LogP contribution in [0, 0.1) is 5.82 Å². The first-order chi connectivity index (χ1) is 9.15. The standard InChI is InChI=1S/C13H16FN3O2/c14-10-7-9(13(18)19)11(15-8-3-4-8)16-12(10)17-5-1-2-6-17/h7-8H,1-6H2,(H,15,16)(H,18,19). The van der Waals surface area contributed by atoms with Crippen LogP contribution in [0.2, 0.25) is 0 Å². The highest BCUT2D eigenvalue weighted by molar-refractivity contribution is 5.93. The summed E-state index contributed by atoms with van der Waals surface area (Å²) < 4.78 is 14.0. The molecule has 0 aromatic carbocycles. The van der Waals surface area contributed by atoms with Gasteiger partial charge in [0.15, 0.2) is 11.6 Å². The molecule has 1 aliphatic heterocycles. The number of hydrogen-bond acceptors (Lipinski definition) is 4. The molecule has 1 saturated heterocycles. The average Bonchev–Trinajstić information content (AvgIpc) is 3.02. The first-order valence-electron chi connectivity index (χ1n) is 6.60. The van der Waals surface area contributed by atoms with Crippen LogP contribution in [0.3, 0.4) is 0 Å². The van der Waals surface area contributed by atoms with E-state index in [9.17, 15) is 9.18 Å². The number of aromatic nitrogens is 1. The van der Waals surface area contributed by atoms with Crippen molar-refractivity contribution in [2.75, 3.05) is 23.3 Å². The molecule has 5 nitrogen and oxygen atoms in total. The molecule has 6 heteroatoms. The Morgan fingerprint density at radius 3 is 2.68 bits per heavy atom. The molecule has 2 N–H and O–H groups in total. The number of carboxylic acids is 1. The third-order valence-corrected chi connectivity index (χ3v) is 3.51. The fraction of sp³-hybridized carbons (Fsp3) is 0.538. The second kappa shape index (κ2) is 4.68. The molecule has 0 amide bonds. The van der Waals surface area contributed by atoms with E-state index in [0.29, 0.717) is 5.82 Å². The topological polar surface area (TPSA) is 65.5 Å². The lowest BCUT2D eigenvalue weighted by Crippen LogP contribution is -2.22. The van der Waals surface area contributed by atoms with Crippen molar-refractivity contribution in [3.63, 3.8) is 0 Å². The van der Waals surface area contributed by atoms with Gasteiger partial charge in [-0.15, -0.1) is 0 Å². The zero-order valence-corrected chi connectivity index (χ0v) is 10.5. The summed E-state index contributed by atoms with van der Waals surface area (Å²) in [6.45, 7) is 1.55. The Morgan fingerprint density at radius 2 is 2.11 bits per heavy atom. The lowest BCUT2D eigenvalue weighted by atomic mass is 10.2.